The molecule has 0 saturated carbocycles. The third-order valence-corrected chi connectivity index (χ3v) is 5.85. The van der Waals surface area contributed by atoms with Crippen molar-refractivity contribution < 1.29 is 43.4 Å². The molecular formula is C23H45O9P. The quantitative estimate of drug-likeness (QED) is 0.0713. The van der Waals surface area contributed by atoms with Gasteiger partial charge in [0.2, 0.25) is 0 Å². The first kappa shape index (κ1) is 32.2. The second kappa shape index (κ2) is 21.7. The van der Waals surface area contributed by atoms with Gasteiger partial charge in [-0.1, -0.05) is 64.0 Å². The van der Waals surface area contributed by atoms with Crippen LogP contribution in [0.4, 0.5) is 0 Å². The Balaban J connectivity index is 3.58. The Bertz CT molecular complexity index is 542. The molecule has 0 aromatic heterocycles. The Labute approximate surface area is 198 Å². The summed E-state index contributed by atoms with van der Waals surface area (Å²) in [5.41, 5.74) is 0. The normalized spacial score (nSPS) is 15.4. The van der Waals surface area contributed by atoms with E-state index in [1.54, 1.807) is 0 Å². The molecule has 0 heterocycles. The molecule has 0 fully saturated rings. The average molecular weight is 497 g/mol. The van der Waals surface area contributed by atoms with Crippen molar-refractivity contribution in [1.29, 1.82) is 0 Å². The van der Waals surface area contributed by atoms with Crippen LogP contribution < -0.4 is 0 Å². The Kier molecular flexibility index (Phi) is 21.2. The summed E-state index contributed by atoms with van der Waals surface area (Å²) in [7, 11) is -4.48. The van der Waals surface area contributed by atoms with E-state index in [-0.39, 0.29) is 13.0 Å². The molecule has 0 spiro atoms. The van der Waals surface area contributed by atoms with Gasteiger partial charge in [0.15, 0.2) is 0 Å². The molecule has 0 bridgehead atoms. The number of allylic oxidation sites excluding steroid dienone is 2. The first-order chi connectivity index (χ1) is 15.8. The van der Waals surface area contributed by atoms with Crippen LogP contribution in [-0.2, 0) is 23.1 Å². The van der Waals surface area contributed by atoms with Crippen LogP contribution in [0.1, 0.15) is 90.4 Å². The van der Waals surface area contributed by atoms with Gasteiger partial charge in [-0.2, -0.15) is 0 Å². The lowest BCUT2D eigenvalue weighted by atomic mass is 10.1. The molecule has 4 N–H and O–H groups in total. The van der Waals surface area contributed by atoms with E-state index in [9.17, 15) is 19.4 Å². The number of ether oxygens (including phenoxy) is 1. The number of aliphatic hydroxyl groups excluding tert-OH is 3. The van der Waals surface area contributed by atoms with Crippen molar-refractivity contribution in [3.8, 4) is 0 Å². The minimum absolute atomic E-state index is 0.256. The summed E-state index contributed by atoms with van der Waals surface area (Å²) < 4.78 is 25.5. The highest BCUT2D eigenvalue weighted by atomic mass is 31.2. The van der Waals surface area contributed by atoms with Crippen LogP contribution in [0.2, 0.25) is 0 Å². The number of hydrogen-bond donors (Lipinski definition) is 4. The molecule has 196 valence electrons. The summed E-state index contributed by atoms with van der Waals surface area (Å²) in [5, 5.41) is 27.4. The number of phosphoric ester groups is 1. The van der Waals surface area contributed by atoms with E-state index in [4.69, 9.17) is 14.9 Å². The summed E-state index contributed by atoms with van der Waals surface area (Å²) in [6, 6.07) is 0. The van der Waals surface area contributed by atoms with Gasteiger partial charge in [-0.15, -0.1) is 0 Å². The molecule has 33 heavy (non-hydrogen) atoms. The van der Waals surface area contributed by atoms with Crippen molar-refractivity contribution in [2.75, 3.05) is 26.4 Å². The van der Waals surface area contributed by atoms with Gasteiger partial charge >= 0.3 is 13.8 Å². The number of aliphatic hydroxyl groups is 3. The van der Waals surface area contributed by atoms with E-state index in [2.05, 4.69) is 28.1 Å². The maximum Gasteiger partial charge on any atom is 0.472 e. The number of rotatable bonds is 23. The first-order valence-corrected chi connectivity index (χ1v) is 13.7. The van der Waals surface area contributed by atoms with Crippen LogP contribution in [-0.4, -0.2) is 64.8 Å². The molecule has 3 unspecified atom stereocenters. The van der Waals surface area contributed by atoms with Crippen LogP contribution in [0, 0.1) is 0 Å². The number of unbranched alkanes of at least 4 members (excludes halogenated alkanes) is 10. The van der Waals surface area contributed by atoms with Gasteiger partial charge in [0.1, 0.15) is 18.8 Å². The molecule has 9 nitrogen and oxygen atoms in total. The van der Waals surface area contributed by atoms with Gasteiger partial charge in [-0.25, -0.2) is 4.57 Å². The summed E-state index contributed by atoms with van der Waals surface area (Å²) in [6.45, 7) is 0.0676. The van der Waals surface area contributed by atoms with Crippen LogP contribution in [0.15, 0.2) is 12.2 Å². The SMILES string of the molecule is CCCCCCC/C=C\CCCCCCCC(=O)OCC(O)COP(=O)(O)OCC(O)CO. The summed E-state index contributed by atoms with van der Waals surface area (Å²) in [6.07, 6.45) is 16.1. The molecule has 0 amide bonds. The van der Waals surface area contributed by atoms with Gasteiger partial charge in [0, 0.05) is 6.42 Å². The molecule has 0 aromatic rings. The van der Waals surface area contributed by atoms with Crippen molar-refractivity contribution in [3.05, 3.63) is 12.2 Å². The highest BCUT2D eigenvalue weighted by molar-refractivity contribution is 7.47. The molecule has 0 aliphatic heterocycles. The van der Waals surface area contributed by atoms with E-state index >= 15 is 0 Å². The minimum Gasteiger partial charge on any atom is -0.463 e. The molecule has 3 atom stereocenters. The van der Waals surface area contributed by atoms with E-state index in [1.807, 2.05) is 0 Å². The smallest absolute Gasteiger partial charge is 0.463 e. The lowest BCUT2D eigenvalue weighted by molar-refractivity contribution is -0.147. The third kappa shape index (κ3) is 22.7. The fourth-order valence-corrected chi connectivity index (χ4v) is 3.72. The number of phosphoric acid groups is 1. The predicted molar refractivity (Wildman–Crippen MR) is 127 cm³/mol. The minimum atomic E-state index is -4.48. The first-order valence-electron chi connectivity index (χ1n) is 12.2. The Morgan fingerprint density at radius 1 is 0.818 bits per heavy atom. The van der Waals surface area contributed by atoms with E-state index in [1.165, 1.54) is 38.5 Å². The fraction of sp³-hybridized carbons (Fsp3) is 0.870. The average Bonchev–Trinajstić information content (AvgIpc) is 2.80. The van der Waals surface area contributed by atoms with Crippen molar-refractivity contribution in [3.63, 3.8) is 0 Å². The molecule has 0 aliphatic carbocycles. The monoisotopic (exact) mass is 496 g/mol. The van der Waals surface area contributed by atoms with E-state index in [0.717, 1.165) is 32.1 Å². The Hall–Kier alpha value is -0.800. The molecule has 0 saturated heterocycles. The van der Waals surface area contributed by atoms with Crippen molar-refractivity contribution in [1.82, 2.24) is 0 Å². The lowest BCUT2D eigenvalue weighted by Crippen LogP contribution is -2.24. The molecular weight excluding hydrogens is 451 g/mol. The van der Waals surface area contributed by atoms with E-state index in [0.29, 0.717) is 6.42 Å². The van der Waals surface area contributed by atoms with Gasteiger partial charge in [-0.3, -0.25) is 13.8 Å². The van der Waals surface area contributed by atoms with Gasteiger partial charge in [0.05, 0.1) is 19.8 Å². The summed E-state index contributed by atoms with van der Waals surface area (Å²) >= 11 is 0. The van der Waals surface area contributed by atoms with E-state index < -0.39 is 45.8 Å². The van der Waals surface area contributed by atoms with Crippen LogP contribution in [0.5, 0.6) is 0 Å². The maximum atomic E-state index is 11.7. The maximum absolute atomic E-state index is 11.7. The number of carbonyl (C=O) groups excluding carboxylic acids is 1. The van der Waals surface area contributed by atoms with Crippen LogP contribution >= 0.6 is 7.82 Å². The zero-order valence-electron chi connectivity index (χ0n) is 20.1. The highest BCUT2D eigenvalue weighted by Crippen LogP contribution is 2.43. The molecule has 0 aromatic carbocycles. The van der Waals surface area contributed by atoms with Crippen molar-refractivity contribution in [2.45, 2.75) is 103 Å². The molecule has 10 heteroatoms. The van der Waals surface area contributed by atoms with Gasteiger partial charge in [0.25, 0.3) is 0 Å². The number of hydrogen-bond acceptors (Lipinski definition) is 8. The van der Waals surface area contributed by atoms with Crippen LogP contribution in [0.25, 0.3) is 0 Å². The Morgan fingerprint density at radius 2 is 1.33 bits per heavy atom. The summed E-state index contributed by atoms with van der Waals surface area (Å²) in [4.78, 5) is 21.1. The van der Waals surface area contributed by atoms with Crippen molar-refractivity contribution >= 4 is 13.8 Å². The predicted octanol–water partition coefficient (Wildman–Crippen LogP) is 4.02. The van der Waals surface area contributed by atoms with Gasteiger partial charge in [-0.05, 0) is 32.1 Å². The second-order valence-electron chi connectivity index (χ2n) is 8.21. The summed E-state index contributed by atoms with van der Waals surface area (Å²) in [5.74, 6) is -0.439. The fourth-order valence-electron chi connectivity index (χ4n) is 2.92. The van der Waals surface area contributed by atoms with Gasteiger partial charge < -0.3 is 24.9 Å². The third-order valence-electron chi connectivity index (χ3n) is 4.90. The van der Waals surface area contributed by atoms with Crippen molar-refractivity contribution in [2.24, 2.45) is 0 Å². The largest absolute Gasteiger partial charge is 0.472 e. The zero-order chi connectivity index (χ0) is 24.8. The number of esters is 1. The Morgan fingerprint density at radius 3 is 1.91 bits per heavy atom. The molecule has 0 radical (unpaired) electrons. The standard InChI is InChI=1S/C23H45O9P/c1-2-3-4-5-6-7-8-9-10-11-12-13-14-15-16-23(27)30-18-22(26)20-32-33(28,29)31-19-21(25)17-24/h8-9,21-22,24-26H,2-7,10-20H2,1H3,(H,28,29)/b9-8-. The topological polar surface area (TPSA) is 143 Å². The molecule has 0 aliphatic rings. The molecule has 0 rings (SSSR count). The number of carbonyl (C=O) groups is 1. The highest BCUT2D eigenvalue weighted by Gasteiger charge is 2.24. The lowest BCUT2D eigenvalue weighted by Gasteiger charge is -2.16. The van der Waals surface area contributed by atoms with Crippen LogP contribution in [0.3, 0.4) is 0 Å². The second-order valence-corrected chi connectivity index (χ2v) is 9.67. The zero-order valence-corrected chi connectivity index (χ0v) is 21.0.